The zero-order valence-electron chi connectivity index (χ0n) is 11.8. The number of rotatable bonds is 3. The minimum atomic E-state index is 0.0688. The maximum atomic E-state index is 5.99. The molecule has 1 aliphatic heterocycles. The van der Waals surface area contributed by atoms with Crippen LogP contribution in [0, 0.1) is 11.8 Å². The van der Waals surface area contributed by atoms with Gasteiger partial charge in [0.25, 0.3) is 0 Å². The van der Waals surface area contributed by atoms with Gasteiger partial charge in [-0.25, -0.2) is 0 Å². The van der Waals surface area contributed by atoms with E-state index in [2.05, 4.69) is 42.8 Å². The SMILES string of the molecule is CC[C@@H](N)c1ccc(N2CCC(C)C(C)C2)cn1. The highest BCUT2D eigenvalue weighted by molar-refractivity contribution is 5.45. The summed E-state index contributed by atoms with van der Waals surface area (Å²) in [5, 5.41) is 0. The monoisotopic (exact) mass is 247 g/mol. The van der Waals surface area contributed by atoms with Crippen LogP contribution in [0.2, 0.25) is 0 Å². The van der Waals surface area contributed by atoms with Crippen molar-refractivity contribution in [1.29, 1.82) is 0 Å². The second-order valence-corrected chi connectivity index (χ2v) is 5.65. The summed E-state index contributed by atoms with van der Waals surface area (Å²) in [5.74, 6) is 1.60. The maximum Gasteiger partial charge on any atom is 0.0572 e. The quantitative estimate of drug-likeness (QED) is 0.893. The third-order valence-electron chi connectivity index (χ3n) is 4.29. The lowest BCUT2D eigenvalue weighted by Crippen LogP contribution is -2.38. The van der Waals surface area contributed by atoms with E-state index in [1.807, 2.05) is 6.20 Å². The summed E-state index contributed by atoms with van der Waals surface area (Å²) >= 11 is 0. The Hall–Kier alpha value is -1.09. The number of hydrogen-bond donors (Lipinski definition) is 1. The molecule has 3 heteroatoms. The summed E-state index contributed by atoms with van der Waals surface area (Å²) in [6, 6.07) is 4.31. The van der Waals surface area contributed by atoms with Crippen molar-refractivity contribution >= 4 is 5.69 Å². The molecular weight excluding hydrogens is 222 g/mol. The molecule has 18 heavy (non-hydrogen) atoms. The second kappa shape index (κ2) is 5.70. The Labute approximate surface area is 110 Å². The molecule has 2 N–H and O–H groups in total. The highest BCUT2D eigenvalue weighted by atomic mass is 15.1. The summed E-state index contributed by atoms with van der Waals surface area (Å²) < 4.78 is 0. The fourth-order valence-corrected chi connectivity index (χ4v) is 2.51. The molecule has 2 rings (SSSR count). The fraction of sp³-hybridized carbons (Fsp3) is 0.667. The Morgan fingerprint density at radius 1 is 1.39 bits per heavy atom. The first-order chi connectivity index (χ1) is 8.61. The van der Waals surface area contributed by atoms with Gasteiger partial charge in [0, 0.05) is 19.1 Å². The molecule has 1 saturated heterocycles. The number of nitrogens with zero attached hydrogens (tertiary/aromatic N) is 2. The molecule has 0 aliphatic carbocycles. The van der Waals surface area contributed by atoms with Gasteiger partial charge in [-0.2, -0.15) is 0 Å². The number of hydrogen-bond acceptors (Lipinski definition) is 3. The minimum Gasteiger partial charge on any atom is -0.370 e. The van der Waals surface area contributed by atoms with Crippen molar-refractivity contribution in [2.45, 2.75) is 39.7 Å². The lowest BCUT2D eigenvalue weighted by atomic mass is 9.88. The molecule has 1 aromatic rings. The van der Waals surface area contributed by atoms with E-state index in [-0.39, 0.29) is 6.04 Å². The highest BCUT2D eigenvalue weighted by Crippen LogP contribution is 2.27. The van der Waals surface area contributed by atoms with E-state index < -0.39 is 0 Å². The van der Waals surface area contributed by atoms with Crippen LogP contribution in [-0.2, 0) is 0 Å². The van der Waals surface area contributed by atoms with Gasteiger partial charge in [-0.15, -0.1) is 0 Å². The van der Waals surface area contributed by atoms with E-state index in [0.29, 0.717) is 0 Å². The first-order valence-electron chi connectivity index (χ1n) is 7.08. The predicted molar refractivity (Wildman–Crippen MR) is 76.6 cm³/mol. The van der Waals surface area contributed by atoms with E-state index >= 15 is 0 Å². The van der Waals surface area contributed by atoms with Gasteiger partial charge >= 0.3 is 0 Å². The van der Waals surface area contributed by atoms with Crippen LogP contribution in [0.1, 0.15) is 45.3 Å². The average molecular weight is 247 g/mol. The Morgan fingerprint density at radius 2 is 2.17 bits per heavy atom. The highest BCUT2D eigenvalue weighted by Gasteiger charge is 2.22. The Kier molecular flexibility index (Phi) is 4.23. The Bertz CT molecular complexity index is 374. The van der Waals surface area contributed by atoms with E-state index in [9.17, 15) is 0 Å². The summed E-state index contributed by atoms with van der Waals surface area (Å²) in [6.45, 7) is 9.07. The molecule has 100 valence electrons. The minimum absolute atomic E-state index is 0.0688. The number of pyridine rings is 1. The van der Waals surface area contributed by atoms with Crippen molar-refractivity contribution in [2.24, 2.45) is 17.6 Å². The first kappa shape index (κ1) is 13.3. The van der Waals surface area contributed by atoms with Crippen LogP contribution in [-0.4, -0.2) is 18.1 Å². The van der Waals surface area contributed by atoms with Crippen molar-refractivity contribution in [3.63, 3.8) is 0 Å². The van der Waals surface area contributed by atoms with Gasteiger partial charge in [0.1, 0.15) is 0 Å². The molecule has 3 atom stereocenters. The van der Waals surface area contributed by atoms with Crippen molar-refractivity contribution in [3.05, 3.63) is 24.0 Å². The summed E-state index contributed by atoms with van der Waals surface area (Å²) in [4.78, 5) is 6.95. The van der Waals surface area contributed by atoms with Crippen LogP contribution >= 0.6 is 0 Å². The smallest absolute Gasteiger partial charge is 0.0572 e. The molecule has 1 fully saturated rings. The van der Waals surface area contributed by atoms with Crippen molar-refractivity contribution in [1.82, 2.24) is 4.98 Å². The molecule has 2 heterocycles. The van der Waals surface area contributed by atoms with E-state index in [0.717, 1.165) is 37.0 Å². The molecule has 0 amide bonds. The number of aromatic nitrogens is 1. The number of piperidine rings is 1. The average Bonchev–Trinajstić information content (AvgIpc) is 2.41. The molecule has 2 unspecified atom stereocenters. The third kappa shape index (κ3) is 2.83. The molecule has 3 nitrogen and oxygen atoms in total. The van der Waals surface area contributed by atoms with Gasteiger partial charge in [0.05, 0.1) is 17.6 Å². The van der Waals surface area contributed by atoms with Crippen molar-refractivity contribution in [3.8, 4) is 0 Å². The predicted octanol–water partition coefficient (Wildman–Crippen LogP) is 2.97. The van der Waals surface area contributed by atoms with Gasteiger partial charge in [-0.3, -0.25) is 4.98 Å². The zero-order chi connectivity index (χ0) is 13.1. The van der Waals surface area contributed by atoms with Crippen molar-refractivity contribution < 1.29 is 0 Å². The standard InChI is InChI=1S/C15H25N3/c1-4-14(16)15-6-5-13(9-17-15)18-8-7-11(2)12(3)10-18/h5-6,9,11-12,14H,4,7-8,10,16H2,1-3H3/t11?,12?,14-/m1/s1. The van der Waals surface area contributed by atoms with E-state index in [4.69, 9.17) is 5.73 Å². The van der Waals surface area contributed by atoms with Crippen LogP contribution in [0.15, 0.2) is 18.3 Å². The van der Waals surface area contributed by atoms with Gasteiger partial charge in [-0.1, -0.05) is 20.8 Å². The van der Waals surface area contributed by atoms with Crippen molar-refractivity contribution in [2.75, 3.05) is 18.0 Å². The van der Waals surface area contributed by atoms with Crippen LogP contribution in [0.25, 0.3) is 0 Å². The molecule has 0 bridgehead atoms. The van der Waals surface area contributed by atoms with Crippen LogP contribution in [0.3, 0.4) is 0 Å². The Morgan fingerprint density at radius 3 is 2.72 bits per heavy atom. The zero-order valence-corrected chi connectivity index (χ0v) is 11.8. The molecule has 0 radical (unpaired) electrons. The molecule has 1 aliphatic rings. The number of anilines is 1. The molecule has 0 aromatic carbocycles. The molecule has 0 saturated carbocycles. The van der Waals surface area contributed by atoms with Crippen LogP contribution in [0.4, 0.5) is 5.69 Å². The largest absolute Gasteiger partial charge is 0.370 e. The maximum absolute atomic E-state index is 5.99. The van der Waals surface area contributed by atoms with Crippen LogP contribution in [0.5, 0.6) is 0 Å². The van der Waals surface area contributed by atoms with Gasteiger partial charge < -0.3 is 10.6 Å². The van der Waals surface area contributed by atoms with Gasteiger partial charge in [0.15, 0.2) is 0 Å². The number of nitrogens with two attached hydrogens (primary N) is 1. The fourth-order valence-electron chi connectivity index (χ4n) is 2.51. The van der Waals surface area contributed by atoms with E-state index in [1.165, 1.54) is 12.1 Å². The Balaban J connectivity index is 2.06. The van der Waals surface area contributed by atoms with Gasteiger partial charge in [0.2, 0.25) is 0 Å². The summed E-state index contributed by atoms with van der Waals surface area (Å²) in [5.41, 5.74) is 8.22. The van der Waals surface area contributed by atoms with Crippen LogP contribution < -0.4 is 10.6 Å². The normalized spacial score (nSPS) is 26.1. The summed E-state index contributed by atoms with van der Waals surface area (Å²) in [6.07, 6.45) is 4.19. The third-order valence-corrected chi connectivity index (χ3v) is 4.29. The molecule has 0 spiro atoms. The summed E-state index contributed by atoms with van der Waals surface area (Å²) in [7, 11) is 0. The first-order valence-corrected chi connectivity index (χ1v) is 7.08. The topological polar surface area (TPSA) is 42.1 Å². The van der Waals surface area contributed by atoms with E-state index in [1.54, 1.807) is 0 Å². The molecule has 1 aromatic heterocycles. The van der Waals surface area contributed by atoms with Gasteiger partial charge in [-0.05, 0) is 36.8 Å². The lowest BCUT2D eigenvalue weighted by Gasteiger charge is -2.36. The lowest BCUT2D eigenvalue weighted by molar-refractivity contribution is 0.324. The molecular formula is C15H25N3. The second-order valence-electron chi connectivity index (χ2n) is 5.65.